The summed E-state index contributed by atoms with van der Waals surface area (Å²) < 4.78 is 13.7. The first kappa shape index (κ1) is 15.2. The third-order valence-corrected chi connectivity index (χ3v) is 3.96. The van der Waals surface area contributed by atoms with Crippen molar-refractivity contribution < 1.29 is 4.39 Å². The zero-order chi connectivity index (χ0) is 14.4. The van der Waals surface area contributed by atoms with Crippen molar-refractivity contribution in [1.82, 2.24) is 5.43 Å². The molecule has 0 saturated carbocycles. The smallest absolute Gasteiger partial charge is 0.137 e. The molecular weight excluding hydrogens is 319 g/mol. The summed E-state index contributed by atoms with van der Waals surface area (Å²) in [5.41, 5.74) is 5.13. The Bertz CT molecular complexity index is 545. The van der Waals surface area contributed by atoms with Crippen molar-refractivity contribution in [2.24, 2.45) is 5.84 Å². The van der Waals surface area contributed by atoms with Crippen LogP contribution in [0.2, 0.25) is 0 Å². The largest absolute Gasteiger partial charge is 0.271 e. The number of nitrogens with one attached hydrogen (secondary N) is 1. The van der Waals surface area contributed by atoms with Gasteiger partial charge in [-0.05, 0) is 58.5 Å². The molecule has 4 heteroatoms. The number of hydrogen-bond acceptors (Lipinski definition) is 2. The lowest BCUT2D eigenvalue weighted by molar-refractivity contribution is 0.497. The van der Waals surface area contributed by atoms with E-state index in [1.54, 1.807) is 12.1 Å². The Morgan fingerprint density at radius 2 is 1.90 bits per heavy atom. The molecule has 2 rings (SSSR count). The fourth-order valence-corrected chi connectivity index (χ4v) is 2.63. The second-order valence-corrected chi connectivity index (χ2v) is 5.62. The summed E-state index contributed by atoms with van der Waals surface area (Å²) in [5, 5.41) is 0. The second kappa shape index (κ2) is 7.53. The van der Waals surface area contributed by atoms with Gasteiger partial charge < -0.3 is 0 Å². The molecule has 2 aromatic rings. The summed E-state index contributed by atoms with van der Waals surface area (Å²) in [5.74, 6) is 5.36. The number of hydrazine groups is 1. The summed E-state index contributed by atoms with van der Waals surface area (Å²) in [4.78, 5) is 0. The van der Waals surface area contributed by atoms with Crippen LogP contribution < -0.4 is 11.3 Å². The molecule has 0 fully saturated rings. The van der Waals surface area contributed by atoms with Gasteiger partial charge in [0.15, 0.2) is 0 Å². The molecule has 1 atom stereocenters. The van der Waals surface area contributed by atoms with Gasteiger partial charge in [0.2, 0.25) is 0 Å². The van der Waals surface area contributed by atoms with Crippen LogP contribution in [0.4, 0.5) is 4.39 Å². The van der Waals surface area contributed by atoms with E-state index in [2.05, 4.69) is 33.5 Å². The molecule has 20 heavy (non-hydrogen) atoms. The molecular formula is C16H18BrFN2. The third kappa shape index (κ3) is 4.13. The predicted molar refractivity (Wildman–Crippen MR) is 83.5 cm³/mol. The van der Waals surface area contributed by atoms with Crippen LogP contribution in [0.25, 0.3) is 0 Å². The van der Waals surface area contributed by atoms with Crippen LogP contribution in [0.1, 0.15) is 30.0 Å². The normalized spacial score (nSPS) is 12.3. The molecule has 1 unspecified atom stereocenters. The van der Waals surface area contributed by atoms with Crippen molar-refractivity contribution in [3.63, 3.8) is 0 Å². The molecule has 0 aliphatic carbocycles. The van der Waals surface area contributed by atoms with E-state index in [9.17, 15) is 4.39 Å². The maximum atomic E-state index is 13.2. The Morgan fingerprint density at radius 1 is 1.15 bits per heavy atom. The zero-order valence-electron chi connectivity index (χ0n) is 11.2. The SMILES string of the molecule is NNC(CCCc1ccccc1)c1ccc(F)c(Br)c1. The van der Waals surface area contributed by atoms with Gasteiger partial charge in [0.05, 0.1) is 4.47 Å². The summed E-state index contributed by atoms with van der Waals surface area (Å²) in [7, 11) is 0. The Balaban J connectivity index is 1.93. The van der Waals surface area contributed by atoms with Gasteiger partial charge in [-0.15, -0.1) is 0 Å². The standard InChI is InChI=1S/C16H18BrFN2/c17-14-11-13(9-10-15(14)18)16(20-19)8-4-7-12-5-2-1-3-6-12/h1-3,5-6,9-11,16,20H,4,7-8,19H2. The molecule has 106 valence electrons. The number of hydrogen-bond donors (Lipinski definition) is 2. The van der Waals surface area contributed by atoms with Gasteiger partial charge in [-0.2, -0.15) is 0 Å². The van der Waals surface area contributed by atoms with E-state index in [1.165, 1.54) is 11.6 Å². The fraction of sp³-hybridized carbons (Fsp3) is 0.250. The molecule has 0 aromatic heterocycles. The van der Waals surface area contributed by atoms with E-state index in [0.29, 0.717) is 4.47 Å². The molecule has 0 radical (unpaired) electrons. The van der Waals surface area contributed by atoms with E-state index in [1.807, 2.05) is 18.2 Å². The third-order valence-electron chi connectivity index (χ3n) is 3.35. The quantitative estimate of drug-likeness (QED) is 0.615. The molecule has 0 bridgehead atoms. The lowest BCUT2D eigenvalue weighted by atomic mass is 9.99. The highest BCUT2D eigenvalue weighted by Crippen LogP contribution is 2.24. The summed E-state index contributed by atoms with van der Waals surface area (Å²) in [6, 6.07) is 15.4. The maximum absolute atomic E-state index is 13.2. The average Bonchev–Trinajstić information content (AvgIpc) is 2.48. The minimum absolute atomic E-state index is 0.0376. The van der Waals surface area contributed by atoms with E-state index in [0.717, 1.165) is 24.8 Å². The fourth-order valence-electron chi connectivity index (χ4n) is 2.23. The molecule has 2 aromatic carbocycles. The maximum Gasteiger partial charge on any atom is 0.137 e. The van der Waals surface area contributed by atoms with Crippen LogP contribution in [-0.2, 0) is 6.42 Å². The van der Waals surface area contributed by atoms with Crippen molar-refractivity contribution in [2.75, 3.05) is 0 Å². The molecule has 2 nitrogen and oxygen atoms in total. The number of benzene rings is 2. The highest BCUT2D eigenvalue weighted by Gasteiger charge is 2.11. The van der Waals surface area contributed by atoms with Crippen LogP contribution >= 0.6 is 15.9 Å². The number of rotatable bonds is 6. The molecule has 0 heterocycles. The zero-order valence-corrected chi connectivity index (χ0v) is 12.7. The first-order valence-electron chi connectivity index (χ1n) is 6.65. The van der Waals surface area contributed by atoms with Gasteiger partial charge in [-0.3, -0.25) is 11.3 Å². The lowest BCUT2D eigenvalue weighted by Crippen LogP contribution is -2.28. The van der Waals surface area contributed by atoms with Crippen molar-refractivity contribution in [1.29, 1.82) is 0 Å². The van der Waals surface area contributed by atoms with Crippen molar-refractivity contribution in [3.8, 4) is 0 Å². The molecule has 0 aliphatic heterocycles. The van der Waals surface area contributed by atoms with E-state index >= 15 is 0 Å². The Morgan fingerprint density at radius 3 is 2.55 bits per heavy atom. The van der Waals surface area contributed by atoms with Gasteiger partial charge in [0, 0.05) is 6.04 Å². The Hall–Kier alpha value is -1.23. The first-order chi connectivity index (χ1) is 9.70. The second-order valence-electron chi connectivity index (χ2n) is 4.77. The molecule has 0 spiro atoms. The van der Waals surface area contributed by atoms with Crippen LogP contribution in [-0.4, -0.2) is 0 Å². The highest BCUT2D eigenvalue weighted by atomic mass is 79.9. The lowest BCUT2D eigenvalue weighted by Gasteiger charge is -2.16. The average molecular weight is 337 g/mol. The summed E-state index contributed by atoms with van der Waals surface area (Å²) in [6.45, 7) is 0. The van der Waals surface area contributed by atoms with E-state index in [-0.39, 0.29) is 11.9 Å². The number of halogens is 2. The minimum atomic E-state index is -0.256. The van der Waals surface area contributed by atoms with Gasteiger partial charge in [0.1, 0.15) is 5.82 Å². The highest BCUT2D eigenvalue weighted by molar-refractivity contribution is 9.10. The molecule has 0 amide bonds. The minimum Gasteiger partial charge on any atom is -0.271 e. The van der Waals surface area contributed by atoms with Crippen LogP contribution in [0.15, 0.2) is 53.0 Å². The van der Waals surface area contributed by atoms with Crippen LogP contribution in [0, 0.1) is 5.82 Å². The van der Waals surface area contributed by atoms with Crippen LogP contribution in [0.5, 0.6) is 0 Å². The van der Waals surface area contributed by atoms with E-state index < -0.39 is 0 Å². The van der Waals surface area contributed by atoms with Gasteiger partial charge in [-0.25, -0.2) is 4.39 Å². The van der Waals surface area contributed by atoms with Gasteiger partial charge in [0.25, 0.3) is 0 Å². The monoisotopic (exact) mass is 336 g/mol. The predicted octanol–water partition coefficient (Wildman–Crippen LogP) is 4.12. The van der Waals surface area contributed by atoms with E-state index in [4.69, 9.17) is 5.84 Å². The van der Waals surface area contributed by atoms with Gasteiger partial charge in [-0.1, -0.05) is 36.4 Å². The topological polar surface area (TPSA) is 38.0 Å². The number of aryl methyl sites for hydroxylation is 1. The molecule has 0 saturated heterocycles. The Labute approximate surface area is 127 Å². The molecule has 0 aliphatic rings. The van der Waals surface area contributed by atoms with Gasteiger partial charge >= 0.3 is 0 Å². The van der Waals surface area contributed by atoms with Crippen molar-refractivity contribution in [2.45, 2.75) is 25.3 Å². The summed E-state index contributed by atoms with van der Waals surface area (Å²) >= 11 is 3.20. The molecule has 3 N–H and O–H groups in total. The first-order valence-corrected chi connectivity index (χ1v) is 7.45. The summed E-state index contributed by atoms with van der Waals surface area (Å²) in [6.07, 6.45) is 2.94. The number of nitrogens with two attached hydrogens (primary N) is 1. The Kier molecular flexibility index (Phi) is 5.71. The van der Waals surface area contributed by atoms with Crippen molar-refractivity contribution >= 4 is 15.9 Å². The van der Waals surface area contributed by atoms with Crippen LogP contribution in [0.3, 0.4) is 0 Å². The van der Waals surface area contributed by atoms with Crippen molar-refractivity contribution in [3.05, 3.63) is 69.9 Å².